The summed E-state index contributed by atoms with van der Waals surface area (Å²) < 4.78 is 38.5. The van der Waals surface area contributed by atoms with Crippen molar-refractivity contribution in [1.82, 2.24) is 9.80 Å². The molecule has 0 aliphatic carbocycles. The van der Waals surface area contributed by atoms with Crippen molar-refractivity contribution in [3.05, 3.63) is 59.7 Å². The average Bonchev–Trinajstić information content (AvgIpc) is 2.68. The fraction of sp³-hybridized carbons (Fsp3) is 0.400. The van der Waals surface area contributed by atoms with Crippen molar-refractivity contribution in [2.45, 2.75) is 6.54 Å². The molecule has 0 atom stereocenters. The molecule has 3 rings (SSSR count). The summed E-state index contributed by atoms with van der Waals surface area (Å²) in [5.74, 6) is -0.386. The van der Waals surface area contributed by atoms with Crippen molar-refractivity contribution in [3.63, 3.8) is 0 Å². The fourth-order valence-electron chi connectivity index (χ4n) is 3.12. The van der Waals surface area contributed by atoms with Crippen LogP contribution in [0.5, 0.6) is 11.5 Å². The average molecular weight is 362 g/mol. The first kappa shape index (κ1) is 18.6. The number of methoxy groups -OCH3 is 1. The van der Waals surface area contributed by atoms with Crippen LogP contribution in [0.1, 0.15) is 5.56 Å². The van der Waals surface area contributed by atoms with Crippen LogP contribution < -0.4 is 9.47 Å². The second-order valence-corrected chi connectivity index (χ2v) is 6.32. The van der Waals surface area contributed by atoms with Gasteiger partial charge in [-0.2, -0.15) is 0 Å². The molecule has 0 radical (unpaired) electrons. The molecule has 4 nitrogen and oxygen atoms in total. The molecule has 0 unspecified atom stereocenters. The van der Waals surface area contributed by atoms with Gasteiger partial charge >= 0.3 is 0 Å². The highest BCUT2D eigenvalue weighted by Gasteiger charge is 2.21. The van der Waals surface area contributed by atoms with E-state index in [1.165, 1.54) is 13.2 Å². The van der Waals surface area contributed by atoms with Crippen molar-refractivity contribution in [2.24, 2.45) is 0 Å². The van der Waals surface area contributed by atoms with Gasteiger partial charge in [0.05, 0.1) is 7.11 Å². The maximum Gasteiger partial charge on any atom is 0.167 e. The molecule has 1 fully saturated rings. The van der Waals surface area contributed by atoms with Crippen LogP contribution in [0, 0.1) is 11.6 Å². The molecule has 26 heavy (non-hydrogen) atoms. The first-order valence-corrected chi connectivity index (χ1v) is 8.81. The van der Waals surface area contributed by atoms with Crippen LogP contribution in [0.2, 0.25) is 0 Å². The Labute approximate surface area is 152 Å². The summed E-state index contributed by atoms with van der Waals surface area (Å²) in [5, 5.41) is 0. The van der Waals surface area contributed by atoms with Crippen LogP contribution in [0.25, 0.3) is 0 Å². The maximum absolute atomic E-state index is 14.1. The topological polar surface area (TPSA) is 24.9 Å². The standard InChI is InChI=1S/C20H24F2N2O2/c1-25-19-8-7-18(21)20(22)17(19)15-24-11-9-23(10-12-24)13-14-26-16-5-3-2-4-6-16/h2-8H,9-15H2,1H3. The number of ether oxygens (including phenoxy) is 2. The van der Waals surface area contributed by atoms with Crippen molar-refractivity contribution >= 4 is 0 Å². The summed E-state index contributed by atoms with van der Waals surface area (Å²) >= 11 is 0. The van der Waals surface area contributed by atoms with Crippen molar-refractivity contribution in [1.29, 1.82) is 0 Å². The number of benzene rings is 2. The van der Waals surface area contributed by atoms with Crippen LogP contribution in [-0.4, -0.2) is 56.2 Å². The van der Waals surface area contributed by atoms with Gasteiger partial charge < -0.3 is 9.47 Å². The number of para-hydroxylation sites is 1. The van der Waals surface area contributed by atoms with Gasteiger partial charge in [-0.05, 0) is 24.3 Å². The van der Waals surface area contributed by atoms with E-state index in [0.29, 0.717) is 18.9 Å². The van der Waals surface area contributed by atoms with E-state index in [1.54, 1.807) is 0 Å². The number of hydrogen-bond donors (Lipinski definition) is 0. The summed E-state index contributed by atoms with van der Waals surface area (Å²) in [6.07, 6.45) is 0. The summed E-state index contributed by atoms with van der Waals surface area (Å²) in [6, 6.07) is 12.3. The van der Waals surface area contributed by atoms with Gasteiger partial charge in [0.15, 0.2) is 11.6 Å². The van der Waals surface area contributed by atoms with Crippen molar-refractivity contribution < 1.29 is 18.3 Å². The van der Waals surface area contributed by atoms with E-state index < -0.39 is 11.6 Å². The molecule has 0 N–H and O–H groups in total. The molecule has 1 saturated heterocycles. The van der Waals surface area contributed by atoms with Crippen LogP contribution in [0.15, 0.2) is 42.5 Å². The molecule has 2 aromatic carbocycles. The van der Waals surface area contributed by atoms with E-state index in [1.807, 2.05) is 30.3 Å². The number of piperazine rings is 1. The molecule has 0 amide bonds. The van der Waals surface area contributed by atoms with Crippen molar-refractivity contribution in [3.8, 4) is 11.5 Å². The second-order valence-electron chi connectivity index (χ2n) is 6.32. The quantitative estimate of drug-likeness (QED) is 0.755. The van der Waals surface area contributed by atoms with E-state index in [9.17, 15) is 8.78 Å². The molecule has 140 valence electrons. The SMILES string of the molecule is COc1ccc(F)c(F)c1CN1CCN(CCOc2ccccc2)CC1. The smallest absolute Gasteiger partial charge is 0.167 e. The normalized spacial score (nSPS) is 15.8. The molecular formula is C20H24F2N2O2. The summed E-state index contributed by atoms with van der Waals surface area (Å²) in [7, 11) is 1.47. The minimum Gasteiger partial charge on any atom is -0.496 e. The van der Waals surface area contributed by atoms with Gasteiger partial charge in [0.2, 0.25) is 0 Å². The minimum absolute atomic E-state index is 0.286. The lowest BCUT2D eigenvalue weighted by atomic mass is 10.1. The molecule has 0 bridgehead atoms. The molecule has 0 aromatic heterocycles. The number of hydrogen-bond acceptors (Lipinski definition) is 4. The van der Waals surface area contributed by atoms with Gasteiger partial charge in [-0.1, -0.05) is 18.2 Å². The Kier molecular flexibility index (Phi) is 6.41. The largest absolute Gasteiger partial charge is 0.496 e. The third-order valence-corrected chi connectivity index (χ3v) is 4.64. The molecule has 1 aliphatic heterocycles. The predicted octanol–water partition coefficient (Wildman–Crippen LogP) is 3.17. The Morgan fingerprint density at radius 3 is 2.31 bits per heavy atom. The predicted molar refractivity (Wildman–Crippen MR) is 96.6 cm³/mol. The van der Waals surface area contributed by atoms with E-state index in [2.05, 4.69) is 9.80 Å². The van der Waals surface area contributed by atoms with E-state index in [-0.39, 0.29) is 5.56 Å². The lowest BCUT2D eigenvalue weighted by Crippen LogP contribution is -2.47. The van der Waals surface area contributed by atoms with Crippen LogP contribution in [-0.2, 0) is 6.54 Å². The van der Waals surface area contributed by atoms with Gasteiger partial charge in [0.25, 0.3) is 0 Å². The van der Waals surface area contributed by atoms with E-state index in [0.717, 1.165) is 44.5 Å². The first-order chi connectivity index (χ1) is 12.7. The Morgan fingerprint density at radius 2 is 1.62 bits per heavy atom. The first-order valence-electron chi connectivity index (χ1n) is 8.81. The molecule has 1 heterocycles. The number of rotatable bonds is 7. The second kappa shape index (κ2) is 8.96. The molecule has 0 saturated carbocycles. The Morgan fingerprint density at radius 1 is 0.923 bits per heavy atom. The van der Waals surface area contributed by atoms with Gasteiger partial charge in [0, 0.05) is 44.8 Å². The lowest BCUT2D eigenvalue weighted by molar-refractivity contribution is 0.111. The van der Waals surface area contributed by atoms with Gasteiger partial charge in [-0.15, -0.1) is 0 Å². The van der Waals surface area contributed by atoms with Gasteiger partial charge in [-0.3, -0.25) is 9.80 Å². The highest BCUT2D eigenvalue weighted by Crippen LogP contribution is 2.25. The minimum atomic E-state index is -0.836. The highest BCUT2D eigenvalue weighted by molar-refractivity contribution is 5.35. The third kappa shape index (κ3) is 4.71. The monoisotopic (exact) mass is 362 g/mol. The third-order valence-electron chi connectivity index (χ3n) is 4.64. The molecular weight excluding hydrogens is 338 g/mol. The van der Waals surface area contributed by atoms with E-state index >= 15 is 0 Å². The van der Waals surface area contributed by atoms with Crippen LogP contribution in [0.4, 0.5) is 8.78 Å². The molecule has 6 heteroatoms. The maximum atomic E-state index is 14.1. The zero-order valence-corrected chi connectivity index (χ0v) is 15.0. The summed E-state index contributed by atoms with van der Waals surface area (Å²) in [5.41, 5.74) is 0.286. The molecule has 1 aliphatic rings. The Balaban J connectivity index is 1.46. The zero-order chi connectivity index (χ0) is 18.4. The Bertz CT molecular complexity index is 704. The highest BCUT2D eigenvalue weighted by atomic mass is 19.2. The zero-order valence-electron chi connectivity index (χ0n) is 15.0. The van der Waals surface area contributed by atoms with Crippen LogP contribution in [0.3, 0.4) is 0 Å². The fourth-order valence-corrected chi connectivity index (χ4v) is 3.12. The van der Waals surface area contributed by atoms with Crippen LogP contribution >= 0.6 is 0 Å². The number of nitrogens with zero attached hydrogens (tertiary/aromatic N) is 2. The van der Waals surface area contributed by atoms with Gasteiger partial charge in [-0.25, -0.2) is 8.78 Å². The lowest BCUT2D eigenvalue weighted by Gasteiger charge is -2.34. The molecule has 2 aromatic rings. The molecule has 0 spiro atoms. The van der Waals surface area contributed by atoms with E-state index in [4.69, 9.17) is 9.47 Å². The summed E-state index contributed by atoms with van der Waals surface area (Å²) in [4.78, 5) is 4.44. The van der Waals surface area contributed by atoms with Gasteiger partial charge in [0.1, 0.15) is 18.1 Å². The summed E-state index contributed by atoms with van der Waals surface area (Å²) in [6.45, 7) is 5.17. The number of halogens is 2. The van der Waals surface area contributed by atoms with Crippen molar-refractivity contribution in [2.75, 3.05) is 46.4 Å². The Hall–Kier alpha value is -2.18.